The highest BCUT2D eigenvalue weighted by Crippen LogP contribution is 2.19. The number of benzene rings is 1. The molecule has 0 bridgehead atoms. The van der Waals surface area contributed by atoms with E-state index in [4.69, 9.17) is 23.2 Å². The topological polar surface area (TPSA) is 12.0 Å². The van der Waals surface area contributed by atoms with Gasteiger partial charge in [-0.15, -0.1) is 11.6 Å². The third kappa shape index (κ3) is 2.58. The highest BCUT2D eigenvalue weighted by Gasteiger charge is 1.95. The number of anilines is 1. The first-order valence-electron chi connectivity index (χ1n) is 3.80. The Balaban J connectivity index is 2.69. The normalized spacial score (nSPS) is 9.92. The van der Waals surface area contributed by atoms with Crippen molar-refractivity contribution < 1.29 is 0 Å². The van der Waals surface area contributed by atoms with Gasteiger partial charge in [-0.2, -0.15) is 0 Å². The van der Waals surface area contributed by atoms with Gasteiger partial charge in [0.2, 0.25) is 0 Å². The van der Waals surface area contributed by atoms with Gasteiger partial charge >= 0.3 is 0 Å². The summed E-state index contributed by atoms with van der Waals surface area (Å²) in [5.41, 5.74) is 2.11. The van der Waals surface area contributed by atoms with Crippen molar-refractivity contribution in [3.63, 3.8) is 0 Å². The molecule has 0 saturated carbocycles. The second kappa shape index (κ2) is 4.58. The number of aryl methyl sites for hydroxylation is 1. The molecule has 1 nitrogen and oxygen atoms in total. The maximum absolute atomic E-state index is 5.92. The summed E-state index contributed by atoms with van der Waals surface area (Å²) in [4.78, 5) is 0. The maximum atomic E-state index is 5.92. The van der Waals surface area contributed by atoms with Crippen molar-refractivity contribution in [3.8, 4) is 0 Å². The molecule has 0 aromatic heterocycles. The van der Waals surface area contributed by atoms with Crippen LogP contribution in [0, 0.1) is 6.92 Å². The molecule has 0 fully saturated rings. The summed E-state index contributed by atoms with van der Waals surface area (Å²) in [5, 5.41) is 3.93. The van der Waals surface area contributed by atoms with Crippen LogP contribution in [-0.4, -0.2) is 12.4 Å². The van der Waals surface area contributed by atoms with Crippen molar-refractivity contribution in [2.45, 2.75) is 6.92 Å². The van der Waals surface area contributed by atoms with Gasteiger partial charge in [-0.05, 0) is 24.6 Å². The van der Waals surface area contributed by atoms with Gasteiger partial charge < -0.3 is 5.32 Å². The van der Waals surface area contributed by atoms with E-state index in [9.17, 15) is 0 Å². The zero-order valence-electron chi connectivity index (χ0n) is 6.90. The van der Waals surface area contributed by atoms with Gasteiger partial charge in [0, 0.05) is 23.1 Å². The van der Waals surface area contributed by atoms with Crippen molar-refractivity contribution in [2.75, 3.05) is 17.7 Å². The summed E-state index contributed by atoms with van der Waals surface area (Å²) >= 11 is 11.4. The minimum Gasteiger partial charge on any atom is -0.384 e. The van der Waals surface area contributed by atoms with Crippen LogP contribution in [0.1, 0.15) is 5.56 Å². The smallest absolute Gasteiger partial charge is 0.0455 e. The van der Waals surface area contributed by atoms with Crippen molar-refractivity contribution in [2.24, 2.45) is 0 Å². The number of nitrogens with one attached hydrogen (secondary N) is 1. The van der Waals surface area contributed by atoms with E-state index >= 15 is 0 Å². The van der Waals surface area contributed by atoms with Crippen molar-refractivity contribution in [1.29, 1.82) is 0 Å². The van der Waals surface area contributed by atoms with Gasteiger partial charge in [0.05, 0.1) is 0 Å². The standard InChI is InChI=1S/C9H11Cl2N/c1-7-2-3-8(6-9(7)11)12-5-4-10/h2-3,6,12H,4-5H2,1H3. The van der Waals surface area contributed by atoms with E-state index in [-0.39, 0.29) is 0 Å². The van der Waals surface area contributed by atoms with Gasteiger partial charge in [0.15, 0.2) is 0 Å². The van der Waals surface area contributed by atoms with Crippen molar-refractivity contribution >= 4 is 28.9 Å². The van der Waals surface area contributed by atoms with Crippen LogP contribution in [0.4, 0.5) is 5.69 Å². The summed E-state index contributed by atoms with van der Waals surface area (Å²) in [7, 11) is 0. The third-order valence-electron chi connectivity index (χ3n) is 1.60. The Kier molecular flexibility index (Phi) is 3.70. The van der Waals surface area contributed by atoms with Crippen molar-refractivity contribution in [1.82, 2.24) is 0 Å². The number of alkyl halides is 1. The highest BCUT2D eigenvalue weighted by molar-refractivity contribution is 6.31. The fourth-order valence-corrected chi connectivity index (χ4v) is 1.17. The first-order chi connectivity index (χ1) is 5.74. The molecule has 0 aliphatic heterocycles. The Morgan fingerprint density at radius 2 is 2.17 bits per heavy atom. The number of halogens is 2. The molecule has 0 aliphatic carbocycles. The minimum absolute atomic E-state index is 0.603. The van der Waals surface area contributed by atoms with Gasteiger partial charge in [-0.1, -0.05) is 17.7 Å². The zero-order valence-corrected chi connectivity index (χ0v) is 8.41. The molecular formula is C9H11Cl2N. The largest absolute Gasteiger partial charge is 0.384 e. The molecule has 0 radical (unpaired) electrons. The molecule has 0 heterocycles. The molecule has 0 atom stereocenters. The van der Waals surface area contributed by atoms with Crippen LogP contribution >= 0.6 is 23.2 Å². The second-order valence-electron chi connectivity index (χ2n) is 2.58. The third-order valence-corrected chi connectivity index (χ3v) is 2.19. The van der Waals surface area contributed by atoms with Crippen LogP contribution in [0.15, 0.2) is 18.2 Å². The Morgan fingerprint density at radius 1 is 1.42 bits per heavy atom. The molecule has 0 aliphatic rings. The summed E-state index contributed by atoms with van der Waals surface area (Å²) in [6.45, 7) is 2.74. The lowest BCUT2D eigenvalue weighted by atomic mass is 10.2. The molecule has 1 N–H and O–H groups in total. The highest BCUT2D eigenvalue weighted by atomic mass is 35.5. The lowest BCUT2D eigenvalue weighted by Crippen LogP contribution is -2.01. The number of rotatable bonds is 3. The predicted molar refractivity (Wildman–Crippen MR) is 55.4 cm³/mol. The Labute approximate surface area is 82.7 Å². The summed E-state index contributed by atoms with van der Waals surface area (Å²) in [6.07, 6.45) is 0. The van der Waals surface area contributed by atoms with Gasteiger partial charge in [0.25, 0.3) is 0 Å². The molecule has 12 heavy (non-hydrogen) atoms. The van der Waals surface area contributed by atoms with E-state index in [1.165, 1.54) is 0 Å². The first kappa shape index (κ1) is 9.69. The van der Waals surface area contributed by atoms with Crippen LogP contribution in [0.5, 0.6) is 0 Å². The van der Waals surface area contributed by atoms with E-state index in [0.717, 1.165) is 22.8 Å². The molecule has 1 aromatic rings. The van der Waals surface area contributed by atoms with E-state index in [0.29, 0.717) is 5.88 Å². The summed E-state index contributed by atoms with van der Waals surface area (Å²) < 4.78 is 0. The average molecular weight is 204 g/mol. The maximum Gasteiger partial charge on any atom is 0.0455 e. The first-order valence-corrected chi connectivity index (χ1v) is 4.71. The molecule has 0 unspecified atom stereocenters. The Bertz CT molecular complexity index is 261. The molecule has 0 saturated heterocycles. The Morgan fingerprint density at radius 3 is 2.75 bits per heavy atom. The Hall–Kier alpha value is -0.400. The van der Waals surface area contributed by atoms with Crippen LogP contribution < -0.4 is 5.32 Å². The zero-order chi connectivity index (χ0) is 8.97. The van der Waals surface area contributed by atoms with E-state index < -0.39 is 0 Å². The fourth-order valence-electron chi connectivity index (χ4n) is 0.894. The lowest BCUT2D eigenvalue weighted by Gasteiger charge is -2.05. The average Bonchev–Trinajstić information content (AvgIpc) is 2.07. The molecule has 1 rings (SSSR count). The van der Waals surface area contributed by atoms with Gasteiger partial charge in [0.1, 0.15) is 0 Å². The SMILES string of the molecule is Cc1ccc(NCCCl)cc1Cl. The summed E-state index contributed by atoms with van der Waals surface area (Å²) in [6, 6.07) is 5.89. The predicted octanol–water partition coefficient (Wildman–Crippen LogP) is 3.30. The fraction of sp³-hybridized carbons (Fsp3) is 0.333. The quantitative estimate of drug-likeness (QED) is 0.745. The van der Waals surface area contributed by atoms with Crippen LogP contribution in [0.3, 0.4) is 0 Å². The monoisotopic (exact) mass is 203 g/mol. The molecule has 0 spiro atoms. The molecule has 66 valence electrons. The van der Waals surface area contributed by atoms with E-state index in [2.05, 4.69) is 5.32 Å². The van der Waals surface area contributed by atoms with Crippen LogP contribution in [0.25, 0.3) is 0 Å². The summed E-state index contributed by atoms with van der Waals surface area (Å²) in [5.74, 6) is 0.603. The molecule has 1 aromatic carbocycles. The number of hydrogen-bond donors (Lipinski definition) is 1. The van der Waals surface area contributed by atoms with E-state index in [1.54, 1.807) is 0 Å². The molecular weight excluding hydrogens is 193 g/mol. The molecule has 3 heteroatoms. The van der Waals surface area contributed by atoms with Crippen LogP contribution in [0.2, 0.25) is 5.02 Å². The minimum atomic E-state index is 0.603. The van der Waals surface area contributed by atoms with Crippen LogP contribution in [-0.2, 0) is 0 Å². The van der Waals surface area contributed by atoms with Gasteiger partial charge in [-0.3, -0.25) is 0 Å². The van der Waals surface area contributed by atoms with Crippen molar-refractivity contribution in [3.05, 3.63) is 28.8 Å². The van der Waals surface area contributed by atoms with E-state index in [1.807, 2.05) is 25.1 Å². The lowest BCUT2D eigenvalue weighted by molar-refractivity contribution is 1.22. The second-order valence-corrected chi connectivity index (χ2v) is 3.36. The molecule has 0 amide bonds. The number of hydrogen-bond acceptors (Lipinski definition) is 1. The van der Waals surface area contributed by atoms with Gasteiger partial charge in [-0.25, -0.2) is 0 Å².